The number of piperazine rings is 1. The van der Waals surface area contributed by atoms with Crippen molar-refractivity contribution in [3.8, 4) is 0 Å². The number of nitrogens with one attached hydrogen (secondary N) is 2. The van der Waals surface area contributed by atoms with Gasteiger partial charge in [-0.15, -0.1) is 0 Å². The summed E-state index contributed by atoms with van der Waals surface area (Å²) in [6.45, 7) is 7.24. The highest BCUT2D eigenvalue weighted by molar-refractivity contribution is 5.82. The third-order valence-corrected chi connectivity index (χ3v) is 5.45. The minimum absolute atomic E-state index is 0.0857. The van der Waals surface area contributed by atoms with Crippen LogP contribution in [0.15, 0.2) is 0 Å². The number of carbonyl (C=O) groups is 2. The van der Waals surface area contributed by atoms with Crippen molar-refractivity contribution in [2.45, 2.75) is 51.1 Å². The van der Waals surface area contributed by atoms with E-state index in [9.17, 15) is 9.59 Å². The normalized spacial score (nSPS) is 27.0. The molecule has 2 unspecified atom stereocenters. The zero-order chi connectivity index (χ0) is 16.2. The predicted molar refractivity (Wildman–Crippen MR) is 89.0 cm³/mol. The average molecular weight is 322 g/mol. The fourth-order valence-corrected chi connectivity index (χ4v) is 3.52. The molecule has 23 heavy (non-hydrogen) atoms. The Labute approximate surface area is 139 Å². The molecule has 3 rings (SSSR count). The van der Waals surface area contributed by atoms with Gasteiger partial charge in [-0.1, -0.05) is 0 Å². The predicted octanol–water partition coefficient (Wildman–Crippen LogP) is 0.187. The zero-order valence-electron chi connectivity index (χ0n) is 14.2. The van der Waals surface area contributed by atoms with Crippen molar-refractivity contribution in [1.29, 1.82) is 0 Å². The standard InChI is InChI=1S/C17H30N4O2/c1-13(17(23)19-15-3-4-15)20-8-10-21(11-9-20)16(22)5-2-14-6-7-18-12-14/h13-15,18H,2-12H2,1H3,(H,19,23). The van der Waals surface area contributed by atoms with Crippen molar-refractivity contribution < 1.29 is 9.59 Å². The van der Waals surface area contributed by atoms with Gasteiger partial charge in [-0.25, -0.2) is 0 Å². The van der Waals surface area contributed by atoms with Crippen LogP contribution in [0.5, 0.6) is 0 Å². The topological polar surface area (TPSA) is 64.7 Å². The third kappa shape index (κ3) is 4.67. The van der Waals surface area contributed by atoms with Crippen LogP contribution in [-0.4, -0.2) is 73.0 Å². The molecule has 0 spiro atoms. The highest BCUT2D eigenvalue weighted by atomic mass is 16.2. The molecular weight excluding hydrogens is 292 g/mol. The van der Waals surface area contributed by atoms with E-state index in [1.54, 1.807) is 0 Å². The van der Waals surface area contributed by atoms with Gasteiger partial charge in [0.25, 0.3) is 0 Å². The first-order chi connectivity index (χ1) is 11.1. The van der Waals surface area contributed by atoms with Crippen LogP contribution in [-0.2, 0) is 9.59 Å². The molecule has 2 aliphatic heterocycles. The second kappa shape index (κ2) is 7.62. The summed E-state index contributed by atoms with van der Waals surface area (Å²) >= 11 is 0. The molecule has 2 atom stereocenters. The number of hydrogen-bond acceptors (Lipinski definition) is 4. The van der Waals surface area contributed by atoms with E-state index in [2.05, 4.69) is 15.5 Å². The monoisotopic (exact) mass is 322 g/mol. The Bertz CT molecular complexity index is 424. The van der Waals surface area contributed by atoms with Gasteiger partial charge in [0.1, 0.15) is 0 Å². The van der Waals surface area contributed by atoms with Crippen molar-refractivity contribution in [3.05, 3.63) is 0 Å². The third-order valence-electron chi connectivity index (χ3n) is 5.45. The molecule has 2 heterocycles. The molecule has 0 aromatic rings. The van der Waals surface area contributed by atoms with Crippen LogP contribution in [0.4, 0.5) is 0 Å². The van der Waals surface area contributed by atoms with Gasteiger partial charge in [0.05, 0.1) is 6.04 Å². The Morgan fingerprint density at radius 2 is 1.91 bits per heavy atom. The molecule has 0 radical (unpaired) electrons. The minimum atomic E-state index is -0.0857. The lowest BCUT2D eigenvalue weighted by molar-refractivity contribution is -0.134. The van der Waals surface area contributed by atoms with Crippen LogP contribution in [0.3, 0.4) is 0 Å². The summed E-state index contributed by atoms with van der Waals surface area (Å²) in [6.07, 6.45) is 5.12. The van der Waals surface area contributed by atoms with Crippen molar-refractivity contribution in [2.24, 2.45) is 5.92 Å². The van der Waals surface area contributed by atoms with Crippen LogP contribution < -0.4 is 10.6 Å². The van der Waals surface area contributed by atoms with Crippen LogP contribution in [0.25, 0.3) is 0 Å². The van der Waals surface area contributed by atoms with Crippen molar-refractivity contribution in [3.63, 3.8) is 0 Å². The van der Waals surface area contributed by atoms with Crippen LogP contribution in [0, 0.1) is 5.92 Å². The molecule has 3 fully saturated rings. The number of rotatable bonds is 6. The van der Waals surface area contributed by atoms with E-state index in [0.717, 1.165) is 58.5 Å². The molecule has 130 valence electrons. The number of hydrogen-bond donors (Lipinski definition) is 2. The van der Waals surface area contributed by atoms with E-state index in [1.165, 1.54) is 6.42 Å². The molecule has 0 aromatic heterocycles. The molecular formula is C17H30N4O2. The number of carbonyl (C=O) groups excluding carboxylic acids is 2. The Kier molecular flexibility index (Phi) is 5.54. The Morgan fingerprint density at radius 3 is 2.52 bits per heavy atom. The lowest BCUT2D eigenvalue weighted by Gasteiger charge is -2.37. The Balaban J connectivity index is 1.36. The summed E-state index contributed by atoms with van der Waals surface area (Å²) in [7, 11) is 0. The van der Waals surface area contributed by atoms with E-state index in [-0.39, 0.29) is 17.9 Å². The number of amides is 2. The van der Waals surface area contributed by atoms with Crippen molar-refractivity contribution in [2.75, 3.05) is 39.3 Å². The SMILES string of the molecule is CC(C(=O)NC1CC1)N1CCN(C(=O)CCC2CCNC2)CC1. The van der Waals surface area contributed by atoms with Gasteiger partial charge < -0.3 is 15.5 Å². The lowest BCUT2D eigenvalue weighted by Crippen LogP contribution is -2.55. The first-order valence-corrected chi connectivity index (χ1v) is 9.16. The Morgan fingerprint density at radius 1 is 1.17 bits per heavy atom. The van der Waals surface area contributed by atoms with E-state index < -0.39 is 0 Å². The second-order valence-corrected chi connectivity index (χ2v) is 7.27. The van der Waals surface area contributed by atoms with Gasteiger partial charge in [0, 0.05) is 38.6 Å². The van der Waals surface area contributed by atoms with Crippen molar-refractivity contribution in [1.82, 2.24) is 20.4 Å². The van der Waals surface area contributed by atoms with Gasteiger partial charge in [-0.3, -0.25) is 14.5 Å². The van der Waals surface area contributed by atoms with Gasteiger partial charge in [0.15, 0.2) is 0 Å². The largest absolute Gasteiger partial charge is 0.352 e. The van der Waals surface area contributed by atoms with Gasteiger partial charge in [-0.05, 0) is 51.6 Å². The minimum Gasteiger partial charge on any atom is -0.352 e. The van der Waals surface area contributed by atoms with Crippen LogP contribution in [0.2, 0.25) is 0 Å². The summed E-state index contributed by atoms with van der Waals surface area (Å²) in [6, 6.07) is 0.329. The van der Waals surface area contributed by atoms with E-state index in [0.29, 0.717) is 18.4 Å². The molecule has 3 aliphatic rings. The van der Waals surface area contributed by atoms with Crippen LogP contribution in [0.1, 0.15) is 39.0 Å². The molecule has 6 nitrogen and oxygen atoms in total. The van der Waals surface area contributed by atoms with Crippen LogP contribution >= 0.6 is 0 Å². The maximum atomic E-state index is 12.3. The van der Waals surface area contributed by atoms with Gasteiger partial charge in [0.2, 0.25) is 11.8 Å². The van der Waals surface area contributed by atoms with E-state index in [1.807, 2.05) is 11.8 Å². The summed E-state index contributed by atoms with van der Waals surface area (Å²) < 4.78 is 0. The number of nitrogens with zero attached hydrogens (tertiary/aromatic N) is 2. The zero-order valence-corrected chi connectivity index (χ0v) is 14.2. The second-order valence-electron chi connectivity index (χ2n) is 7.27. The fraction of sp³-hybridized carbons (Fsp3) is 0.882. The fourth-order valence-electron chi connectivity index (χ4n) is 3.52. The molecule has 2 N–H and O–H groups in total. The smallest absolute Gasteiger partial charge is 0.237 e. The summed E-state index contributed by atoms with van der Waals surface area (Å²) in [5.41, 5.74) is 0. The van der Waals surface area contributed by atoms with Gasteiger partial charge >= 0.3 is 0 Å². The average Bonchev–Trinajstić information content (AvgIpc) is 3.23. The first-order valence-electron chi connectivity index (χ1n) is 9.16. The van der Waals surface area contributed by atoms with E-state index >= 15 is 0 Å². The quantitative estimate of drug-likeness (QED) is 0.733. The highest BCUT2D eigenvalue weighted by Gasteiger charge is 2.30. The molecule has 2 saturated heterocycles. The maximum absolute atomic E-state index is 12.3. The highest BCUT2D eigenvalue weighted by Crippen LogP contribution is 2.19. The summed E-state index contributed by atoms with van der Waals surface area (Å²) in [5, 5.41) is 6.42. The van der Waals surface area contributed by atoms with Gasteiger partial charge in [-0.2, -0.15) is 0 Å². The summed E-state index contributed by atoms with van der Waals surface area (Å²) in [4.78, 5) is 28.6. The molecule has 1 saturated carbocycles. The molecule has 2 amide bonds. The van der Waals surface area contributed by atoms with Crippen molar-refractivity contribution >= 4 is 11.8 Å². The summed E-state index contributed by atoms with van der Waals surface area (Å²) in [5.74, 6) is 1.10. The maximum Gasteiger partial charge on any atom is 0.237 e. The lowest BCUT2D eigenvalue weighted by atomic mass is 10.0. The molecule has 1 aliphatic carbocycles. The van der Waals surface area contributed by atoms with E-state index in [4.69, 9.17) is 0 Å². The molecule has 6 heteroatoms. The molecule has 0 aromatic carbocycles. The Hall–Kier alpha value is -1.14. The first kappa shape index (κ1) is 16.7. The molecule has 0 bridgehead atoms.